The summed E-state index contributed by atoms with van der Waals surface area (Å²) in [6, 6.07) is 0.502. The molecule has 0 amide bonds. The first-order valence-electron chi connectivity index (χ1n) is 6.80. The Balaban J connectivity index is 3.48. The van der Waals surface area contributed by atoms with E-state index in [1.807, 2.05) is 27.7 Å². The molecule has 1 aromatic carbocycles. The Morgan fingerprint density at radius 2 is 1.10 bits per heavy atom. The lowest BCUT2D eigenvalue weighted by Gasteiger charge is -2.38. The van der Waals surface area contributed by atoms with Crippen molar-refractivity contribution in [1.29, 1.82) is 0 Å². The minimum atomic E-state index is -2.73. The van der Waals surface area contributed by atoms with Crippen molar-refractivity contribution in [2.24, 2.45) is 0 Å². The average molecular weight is 326 g/mol. The fourth-order valence-electron chi connectivity index (χ4n) is 2.66. The van der Waals surface area contributed by atoms with Crippen LogP contribution in [0.15, 0.2) is 0 Å². The fraction of sp³-hybridized carbons (Fsp3) is 0.571. The first kappa shape index (κ1) is 17.9. The molecule has 0 unspecified atom stereocenters. The molecule has 1 nitrogen and oxygen atoms in total. The second-order valence-electron chi connectivity index (χ2n) is 5.62. The van der Waals surface area contributed by atoms with Crippen molar-refractivity contribution in [3.05, 3.63) is 29.1 Å². The van der Waals surface area contributed by atoms with Crippen LogP contribution in [0.1, 0.15) is 34.6 Å². The molecule has 0 saturated carbocycles. The second-order valence-corrected chi connectivity index (χ2v) is 10.7. The Morgan fingerprint density at radius 3 is 1.38 bits per heavy atom. The van der Waals surface area contributed by atoms with E-state index in [0.29, 0.717) is 6.04 Å². The van der Waals surface area contributed by atoms with E-state index in [-0.39, 0.29) is 11.1 Å². The standard InChI is InChI=1S/C14H19F5OSi/c1-6-21(7(2)3,8(4)5)20-14-12(18)10(16)9(15)11(17)13(14)19/h7-8H,6H2,1-5H3. The highest BCUT2D eigenvalue weighted by Crippen LogP contribution is 2.40. The van der Waals surface area contributed by atoms with Crippen molar-refractivity contribution in [1.82, 2.24) is 0 Å². The first-order valence-corrected chi connectivity index (χ1v) is 9.07. The van der Waals surface area contributed by atoms with Crippen LogP contribution >= 0.6 is 0 Å². The SMILES string of the molecule is CC[Si](Oc1c(F)c(F)c(F)c(F)c1F)(C(C)C)C(C)C. The smallest absolute Gasteiger partial charge is 0.256 e. The zero-order valence-electron chi connectivity index (χ0n) is 12.7. The molecule has 0 aliphatic heterocycles. The summed E-state index contributed by atoms with van der Waals surface area (Å²) in [4.78, 5) is 0. The Morgan fingerprint density at radius 1 is 0.762 bits per heavy atom. The van der Waals surface area contributed by atoms with Gasteiger partial charge >= 0.3 is 0 Å². The molecular weight excluding hydrogens is 307 g/mol. The minimum Gasteiger partial charge on any atom is -0.539 e. The van der Waals surface area contributed by atoms with E-state index in [1.54, 1.807) is 6.92 Å². The van der Waals surface area contributed by atoms with Gasteiger partial charge in [0.15, 0.2) is 5.75 Å². The molecule has 0 N–H and O–H groups in total. The summed E-state index contributed by atoms with van der Waals surface area (Å²) in [5, 5.41) is 0. The molecule has 0 spiro atoms. The molecule has 120 valence electrons. The average Bonchev–Trinajstić information content (AvgIpc) is 2.43. The summed E-state index contributed by atoms with van der Waals surface area (Å²) < 4.78 is 72.6. The predicted octanol–water partition coefficient (Wildman–Crippen LogP) is 5.55. The lowest BCUT2D eigenvalue weighted by Crippen LogP contribution is -2.47. The predicted molar refractivity (Wildman–Crippen MR) is 73.3 cm³/mol. The van der Waals surface area contributed by atoms with Crippen LogP contribution in [0.3, 0.4) is 0 Å². The Labute approximate surface area is 122 Å². The van der Waals surface area contributed by atoms with Gasteiger partial charge in [0.25, 0.3) is 8.32 Å². The van der Waals surface area contributed by atoms with Crippen LogP contribution in [-0.2, 0) is 0 Å². The second kappa shape index (κ2) is 6.33. The van der Waals surface area contributed by atoms with Crippen molar-refractivity contribution < 1.29 is 26.4 Å². The molecule has 7 heteroatoms. The maximum Gasteiger partial charge on any atom is 0.256 e. The third-order valence-corrected chi connectivity index (χ3v) is 9.57. The monoisotopic (exact) mass is 326 g/mol. The summed E-state index contributed by atoms with van der Waals surface area (Å²) in [6.45, 7) is 9.14. The number of hydrogen-bond donors (Lipinski definition) is 0. The van der Waals surface area contributed by atoms with Gasteiger partial charge in [0.1, 0.15) is 0 Å². The fourth-order valence-corrected chi connectivity index (χ4v) is 6.80. The highest BCUT2D eigenvalue weighted by molar-refractivity contribution is 6.77. The van der Waals surface area contributed by atoms with Crippen LogP contribution in [0.5, 0.6) is 5.75 Å². The maximum absolute atomic E-state index is 13.8. The van der Waals surface area contributed by atoms with Gasteiger partial charge in [-0.25, -0.2) is 13.2 Å². The third-order valence-electron chi connectivity index (χ3n) is 3.97. The lowest BCUT2D eigenvalue weighted by molar-refractivity contribution is 0.340. The molecule has 0 saturated heterocycles. The van der Waals surface area contributed by atoms with E-state index in [9.17, 15) is 22.0 Å². The number of benzene rings is 1. The Hall–Kier alpha value is -1.11. The number of hydrogen-bond acceptors (Lipinski definition) is 1. The molecule has 1 aromatic rings. The van der Waals surface area contributed by atoms with Crippen LogP contribution in [0.4, 0.5) is 22.0 Å². The largest absolute Gasteiger partial charge is 0.539 e. The number of rotatable bonds is 5. The van der Waals surface area contributed by atoms with Gasteiger partial charge < -0.3 is 4.43 Å². The van der Waals surface area contributed by atoms with Gasteiger partial charge in [-0.2, -0.15) is 8.78 Å². The summed E-state index contributed by atoms with van der Waals surface area (Å²) in [5.41, 5.74) is -0.0880. The molecule has 0 aliphatic rings. The van der Waals surface area contributed by atoms with Gasteiger partial charge in [0.2, 0.25) is 29.1 Å². The van der Waals surface area contributed by atoms with Crippen LogP contribution in [-0.4, -0.2) is 8.32 Å². The van der Waals surface area contributed by atoms with Gasteiger partial charge in [-0.15, -0.1) is 0 Å². The highest BCUT2D eigenvalue weighted by Gasteiger charge is 2.44. The van der Waals surface area contributed by atoms with E-state index >= 15 is 0 Å². The number of halogens is 5. The van der Waals surface area contributed by atoms with E-state index in [0.717, 1.165) is 0 Å². The summed E-state index contributed by atoms with van der Waals surface area (Å²) in [7, 11) is -2.73. The quantitative estimate of drug-likeness (QED) is 0.298. The molecule has 0 aliphatic carbocycles. The topological polar surface area (TPSA) is 9.23 Å². The molecule has 0 fully saturated rings. The van der Waals surface area contributed by atoms with E-state index < -0.39 is 43.2 Å². The van der Waals surface area contributed by atoms with Gasteiger partial charge in [-0.1, -0.05) is 34.6 Å². The minimum absolute atomic E-state index is 0.0440. The van der Waals surface area contributed by atoms with Gasteiger partial charge in [-0.05, 0) is 17.1 Å². The summed E-state index contributed by atoms with van der Waals surface area (Å²) in [5.74, 6) is -11.1. The van der Waals surface area contributed by atoms with Crippen LogP contribution in [0, 0.1) is 29.1 Å². The lowest BCUT2D eigenvalue weighted by atomic mass is 10.3. The Bertz CT molecular complexity index is 494. The van der Waals surface area contributed by atoms with Crippen LogP contribution in [0.2, 0.25) is 17.1 Å². The maximum atomic E-state index is 13.8. The van der Waals surface area contributed by atoms with Crippen molar-refractivity contribution in [3.8, 4) is 5.75 Å². The van der Waals surface area contributed by atoms with E-state index in [1.165, 1.54) is 0 Å². The van der Waals surface area contributed by atoms with Crippen molar-refractivity contribution in [3.63, 3.8) is 0 Å². The zero-order valence-corrected chi connectivity index (χ0v) is 13.7. The van der Waals surface area contributed by atoms with E-state index in [4.69, 9.17) is 4.43 Å². The van der Waals surface area contributed by atoms with Crippen molar-refractivity contribution >= 4 is 8.32 Å². The molecular formula is C14H19F5OSi. The van der Waals surface area contributed by atoms with E-state index in [2.05, 4.69) is 0 Å². The summed E-state index contributed by atoms with van der Waals surface area (Å²) >= 11 is 0. The first-order chi connectivity index (χ1) is 9.60. The zero-order chi connectivity index (χ0) is 16.5. The summed E-state index contributed by atoms with van der Waals surface area (Å²) in [6.07, 6.45) is 0. The normalized spacial score (nSPS) is 12.4. The Kier molecular flexibility index (Phi) is 5.41. The van der Waals surface area contributed by atoms with Gasteiger partial charge in [0, 0.05) is 0 Å². The molecule has 1 rings (SSSR count). The van der Waals surface area contributed by atoms with Crippen molar-refractivity contribution in [2.75, 3.05) is 0 Å². The highest BCUT2D eigenvalue weighted by atomic mass is 28.4. The molecule has 0 radical (unpaired) electrons. The molecule has 0 heterocycles. The van der Waals surface area contributed by atoms with Crippen LogP contribution < -0.4 is 4.43 Å². The third kappa shape index (κ3) is 2.93. The van der Waals surface area contributed by atoms with Gasteiger partial charge in [-0.3, -0.25) is 0 Å². The molecule has 0 bridgehead atoms. The van der Waals surface area contributed by atoms with Crippen molar-refractivity contribution in [2.45, 2.75) is 51.7 Å². The van der Waals surface area contributed by atoms with Crippen LogP contribution in [0.25, 0.3) is 0 Å². The molecule has 21 heavy (non-hydrogen) atoms. The van der Waals surface area contributed by atoms with Gasteiger partial charge in [0.05, 0.1) is 0 Å². The molecule has 0 aromatic heterocycles. The molecule has 0 atom stereocenters.